The molecule has 2 saturated heterocycles. The molecule has 0 unspecified atom stereocenters. The molecular formula is C19H22ClN3O5. The lowest BCUT2D eigenvalue weighted by molar-refractivity contribution is -0.153. The first-order chi connectivity index (χ1) is 13.4. The Morgan fingerprint density at radius 2 is 1.71 bits per heavy atom. The number of imide groups is 1. The molecule has 3 rings (SSSR count). The molecule has 9 heteroatoms. The van der Waals surface area contributed by atoms with Crippen molar-refractivity contribution in [2.24, 2.45) is 0 Å². The second kappa shape index (κ2) is 9.05. The van der Waals surface area contributed by atoms with Gasteiger partial charge in [0.1, 0.15) is 0 Å². The predicted octanol–water partition coefficient (Wildman–Crippen LogP) is 1.07. The molecule has 0 radical (unpaired) electrons. The Hall–Kier alpha value is -2.61. The molecule has 3 amide bonds. The first-order valence-corrected chi connectivity index (χ1v) is 9.59. The Bertz CT molecular complexity index is 761. The summed E-state index contributed by atoms with van der Waals surface area (Å²) in [6.07, 6.45) is 0.272. The average Bonchev–Trinajstić information content (AvgIpc) is 3.02. The molecule has 0 aliphatic carbocycles. The number of carbonyl (C=O) groups excluding carboxylic acids is 4. The largest absolute Gasteiger partial charge is 0.456 e. The molecule has 1 aromatic carbocycles. The Kier molecular flexibility index (Phi) is 6.51. The highest BCUT2D eigenvalue weighted by molar-refractivity contribution is 6.30. The Balaban J connectivity index is 1.38. The number of benzene rings is 1. The highest BCUT2D eigenvalue weighted by atomic mass is 35.5. The number of hydrogen-bond donors (Lipinski definition) is 0. The Morgan fingerprint density at radius 3 is 2.36 bits per heavy atom. The fourth-order valence-corrected chi connectivity index (χ4v) is 3.45. The number of amides is 3. The molecule has 28 heavy (non-hydrogen) atoms. The van der Waals surface area contributed by atoms with Crippen LogP contribution in [0.3, 0.4) is 0 Å². The summed E-state index contributed by atoms with van der Waals surface area (Å²) < 4.78 is 5.00. The van der Waals surface area contributed by atoms with E-state index in [9.17, 15) is 19.2 Å². The predicted molar refractivity (Wildman–Crippen MR) is 102 cm³/mol. The summed E-state index contributed by atoms with van der Waals surface area (Å²) in [7, 11) is 0. The summed E-state index contributed by atoms with van der Waals surface area (Å²) in [5.41, 5.74) is 1.01. The van der Waals surface area contributed by atoms with Crippen LogP contribution in [0.5, 0.6) is 0 Å². The molecule has 2 fully saturated rings. The van der Waals surface area contributed by atoms with Gasteiger partial charge in [-0.15, -0.1) is 0 Å². The fraction of sp³-hybridized carbons (Fsp3) is 0.474. The Labute approximate surface area is 168 Å². The molecule has 2 heterocycles. The fourth-order valence-electron chi connectivity index (χ4n) is 3.27. The molecule has 0 spiro atoms. The lowest BCUT2D eigenvalue weighted by Gasteiger charge is -2.36. The molecule has 8 nitrogen and oxygen atoms in total. The maximum absolute atomic E-state index is 12.3. The standard InChI is InChI=1S/C19H22ClN3O5/c20-14-2-1-3-15(12-14)21-8-10-22(11-9-21)18(26)13-28-19(27)6-7-23-16(24)4-5-17(23)25/h1-3,12H,4-11,13H2. The van der Waals surface area contributed by atoms with E-state index >= 15 is 0 Å². The van der Waals surface area contributed by atoms with Gasteiger partial charge in [0, 0.05) is 56.3 Å². The third-order valence-electron chi connectivity index (χ3n) is 4.86. The summed E-state index contributed by atoms with van der Waals surface area (Å²) in [6.45, 7) is 2.05. The number of likely N-dealkylation sites (tertiary alicyclic amines) is 1. The molecule has 0 N–H and O–H groups in total. The van der Waals surface area contributed by atoms with Crippen molar-refractivity contribution >= 4 is 41.0 Å². The average molecular weight is 408 g/mol. The van der Waals surface area contributed by atoms with Crippen LogP contribution in [-0.2, 0) is 23.9 Å². The van der Waals surface area contributed by atoms with Gasteiger partial charge in [0.2, 0.25) is 11.8 Å². The van der Waals surface area contributed by atoms with Crippen molar-refractivity contribution in [3.8, 4) is 0 Å². The van der Waals surface area contributed by atoms with Crippen molar-refractivity contribution in [1.82, 2.24) is 9.80 Å². The van der Waals surface area contributed by atoms with E-state index in [1.54, 1.807) is 4.90 Å². The summed E-state index contributed by atoms with van der Waals surface area (Å²) in [5, 5.41) is 0.667. The van der Waals surface area contributed by atoms with E-state index in [2.05, 4.69) is 4.90 Å². The minimum atomic E-state index is -0.599. The third-order valence-corrected chi connectivity index (χ3v) is 5.09. The second-order valence-corrected chi connectivity index (χ2v) is 7.13. The third kappa shape index (κ3) is 5.01. The van der Waals surface area contributed by atoms with Gasteiger partial charge < -0.3 is 14.5 Å². The van der Waals surface area contributed by atoms with Gasteiger partial charge in [-0.1, -0.05) is 17.7 Å². The zero-order chi connectivity index (χ0) is 20.1. The van der Waals surface area contributed by atoms with E-state index in [1.165, 1.54) is 0 Å². The van der Waals surface area contributed by atoms with Crippen LogP contribution in [0.2, 0.25) is 5.02 Å². The number of nitrogens with zero attached hydrogens (tertiary/aromatic N) is 3. The quantitative estimate of drug-likeness (QED) is 0.518. The molecule has 0 atom stereocenters. The van der Waals surface area contributed by atoms with Crippen LogP contribution in [0.4, 0.5) is 5.69 Å². The highest BCUT2D eigenvalue weighted by Gasteiger charge is 2.29. The van der Waals surface area contributed by atoms with E-state index in [0.29, 0.717) is 31.2 Å². The van der Waals surface area contributed by atoms with Gasteiger partial charge in [0.25, 0.3) is 5.91 Å². The molecule has 2 aliphatic rings. The van der Waals surface area contributed by atoms with Crippen molar-refractivity contribution in [1.29, 1.82) is 0 Å². The van der Waals surface area contributed by atoms with E-state index in [1.807, 2.05) is 24.3 Å². The number of halogens is 1. The maximum atomic E-state index is 12.3. The zero-order valence-electron chi connectivity index (χ0n) is 15.4. The minimum Gasteiger partial charge on any atom is -0.456 e. The first-order valence-electron chi connectivity index (χ1n) is 9.21. The summed E-state index contributed by atoms with van der Waals surface area (Å²) >= 11 is 6.02. The van der Waals surface area contributed by atoms with E-state index in [0.717, 1.165) is 10.6 Å². The monoisotopic (exact) mass is 407 g/mol. The molecule has 1 aromatic rings. The number of ether oxygens (including phenoxy) is 1. The van der Waals surface area contributed by atoms with Gasteiger partial charge in [-0.2, -0.15) is 0 Å². The molecule has 0 aromatic heterocycles. The first kappa shape index (κ1) is 20.1. The summed E-state index contributed by atoms with van der Waals surface area (Å²) in [4.78, 5) is 51.9. The van der Waals surface area contributed by atoms with Gasteiger partial charge >= 0.3 is 5.97 Å². The van der Waals surface area contributed by atoms with Crippen LogP contribution in [0.25, 0.3) is 0 Å². The maximum Gasteiger partial charge on any atom is 0.308 e. The second-order valence-electron chi connectivity index (χ2n) is 6.70. The number of esters is 1. The number of hydrogen-bond acceptors (Lipinski definition) is 6. The van der Waals surface area contributed by atoms with Crippen molar-refractivity contribution in [3.05, 3.63) is 29.3 Å². The van der Waals surface area contributed by atoms with Crippen molar-refractivity contribution in [2.75, 3.05) is 44.2 Å². The van der Waals surface area contributed by atoms with Gasteiger partial charge in [-0.3, -0.25) is 24.1 Å². The number of anilines is 1. The van der Waals surface area contributed by atoms with Crippen LogP contribution in [0, 0.1) is 0 Å². The van der Waals surface area contributed by atoms with Gasteiger partial charge in [-0.25, -0.2) is 0 Å². The normalized spacial score (nSPS) is 17.2. The molecule has 2 aliphatic heterocycles. The lowest BCUT2D eigenvalue weighted by Crippen LogP contribution is -2.50. The van der Waals surface area contributed by atoms with Crippen molar-refractivity contribution in [3.63, 3.8) is 0 Å². The molecular weight excluding hydrogens is 386 g/mol. The van der Waals surface area contributed by atoms with Crippen LogP contribution in [0.15, 0.2) is 24.3 Å². The topological polar surface area (TPSA) is 87.2 Å². The molecule has 0 bridgehead atoms. The lowest BCUT2D eigenvalue weighted by atomic mass is 10.2. The van der Waals surface area contributed by atoms with Gasteiger partial charge in [-0.05, 0) is 18.2 Å². The number of carbonyl (C=O) groups is 4. The van der Waals surface area contributed by atoms with Gasteiger partial charge in [0.15, 0.2) is 6.61 Å². The number of piperazine rings is 1. The number of rotatable bonds is 6. The van der Waals surface area contributed by atoms with Crippen LogP contribution in [-0.4, -0.2) is 72.8 Å². The molecule has 150 valence electrons. The van der Waals surface area contributed by atoms with Crippen molar-refractivity contribution < 1.29 is 23.9 Å². The van der Waals surface area contributed by atoms with Crippen LogP contribution in [0.1, 0.15) is 19.3 Å². The smallest absolute Gasteiger partial charge is 0.308 e. The Morgan fingerprint density at radius 1 is 1.04 bits per heavy atom. The van der Waals surface area contributed by atoms with Crippen LogP contribution < -0.4 is 4.90 Å². The summed E-state index contributed by atoms with van der Waals surface area (Å²) in [6, 6.07) is 7.56. The van der Waals surface area contributed by atoms with Crippen molar-refractivity contribution in [2.45, 2.75) is 19.3 Å². The van der Waals surface area contributed by atoms with Crippen LogP contribution >= 0.6 is 11.6 Å². The zero-order valence-corrected chi connectivity index (χ0v) is 16.2. The SMILES string of the molecule is O=C(CCN1C(=O)CCC1=O)OCC(=O)N1CCN(c2cccc(Cl)c2)CC1. The van der Waals surface area contributed by atoms with E-state index in [4.69, 9.17) is 16.3 Å². The molecule has 0 saturated carbocycles. The highest BCUT2D eigenvalue weighted by Crippen LogP contribution is 2.20. The van der Waals surface area contributed by atoms with E-state index < -0.39 is 5.97 Å². The minimum absolute atomic E-state index is 0.00298. The van der Waals surface area contributed by atoms with E-state index in [-0.39, 0.29) is 50.1 Å². The van der Waals surface area contributed by atoms with Gasteiger partial charge in [0.05, 0.1) is 6.42 Å². The summed E-state index contributed by atoms with van der Waals surface area (Å²) in [5.74, 6) is -1.40.